The summed E-state index contributed by atoms with van der Waals surface area (Å²) in [6.45, 7) is 7.00. The standard InChI is InChI=1S/C25H29N3O5S2/c1-17-14-18(2)16-22(15-17)28(34(5,30)31)20(4)25(29)26-21-10-12-23(13-11-21)35(32,33)27-24-9-7-6-8-19(24)3/h6-16,20,27H,1-5H3,(H,26,29)/t20-/m0/s1. The average molecular weight is 516 g/mol. The Morgan fingerprint density at radius 1 is 0.857 bits per heavy atom. The Labute approximate surface area is 207 Å². The number of anilines is 3. The Hall–Kier alpha value is -3.37. The Bertz CT molecular complexity index is 1430. The SMILES string of the molecule is Cc1cc(C)cc(N([C@@H](C)C(=O)Nc2ccc(S(=O)(=O)Nc3ccccc3C)cc2)S(C)(=O)=O)c1. The minimum Gasteiger partial charge on any atom is -0.324 e. The number of sulfonamides is 2. The third kappa shape index (κ3) is 6.40. The van der Waals surface area contributed by atoms with Gasteiger partial charge in [0, 0.05) is 5.69 Å². The van der Waals surface area contributed by atoms with Gasteiger partial charge in [0.2, 0.25) is 15.9 Å². The summed E-state index contributed by atoms with van der Waals surface area (Å²) >= 11 is 0. The van der Waals surface area contributed by atoms with E-state index in [1.165, 1.54) is 31.2 Å². The van der Waals surface area contributed by atoms with Crippen molar-refractivity contribution < 1.29 is 21.6 Å². The van der Waals surface area contributed by atoms with E-state index in [1.807, 2.05) is 26.0 Å². The minimum absolute atomic E-state index is 0.0276. The molecule has 0 saturated carbocycles. The van der Waals surface area contributed by atoms with Crippen LogP contribution in [0.15, 0.2) is 71.6 Å². The van der Waals surface area contributed by atoms with Crippen LogP contribution < -0.4 is 14.3 Å². The number of hydrogen-bond donors (Lipinski definition) is 2. The third-order valence-electron chi connectivity index (χ3n) is 5.37. The maximum absolute atomic E-state index is 13.0. The number of amides is 1. The van der Waals surface area contributed by atoms with Gasteiger partial charge in [0.15, 0.2) is 0 Å². The molecule has 0 aromatic heterocycles. The van der Waals surface area contributed by atoms with Gasteiger partial charge in [-0.15, -0.1) is 0 Å². The molecule has 0 saturated heterocycles. The molecule has 3 aromatic carbocycles. The molecule has 0 aliphatic heterocycles. The molecule has 35 heavy (non-hydrogen) atoms. The van der Waals surface area contributed by atoms with Gasteiger partial charge in [-0.3, -0.25) is 13.8 Å². The van der Waals surface area contributed by atoms with E-state index in [1.54, 1.807) is 37.3 Å². The minimum atomic E-state index is -3.82. The molecule has 3 rings (SSSR count). The van der Waals surface area contributed by atoms with Crippen LogP contribution in [0, 0.1) is 20.8 Å². The van der Waals surface area contributed by atoms with Gasteiger partial charge < -0.3 is 5.32 Å². The smallest absolute Gasteiger partial charge is 0.261 e. The van der Waals surface area contributed by atoms with Gasteiger partial charge in [-0.2, -0.15) is 0 Å². The molecule has 3 aromatic rings. The highest BCUT2D eigenvalue weighted by molar-refractivity contribution is 7.92. The summed E-state index contributed by atoms with van der Waals surface area (Å²) < 4.78 is 54.2. The summed E-state index contributed by atoms with van der Waals surface area (Å²) in [4.78, 5) is 13.0. The predicted octanol–water partition coefficient (Wildman–Crippen LogP) is 4.21. The van der Waals surface area contributed by atoms with E-state index < -0.39 is 32.0 Å². The lowest BCUT2D eigenvalue weighted by molar-refractivity contribution is -0.116. The molecular weight excluding hydrogens is 486 g/mol. The van der Waals surface area contributed by atoms with Crippen LogP contribution in [0.5, 0.6) is 0 Å². The van der Waals surface area contributed by atoms with Crippen molar-refractivity contribution >= 4 is 43.0 Å². The van der Waals surface area contributed by atoms with Crippen LogP contribution in [0.4, 0.5) is 17.1 Å². The number of rotatable bonds is 8. The number of nitrogens with zero attached hydrogens (tertiary/aromatic N) is 1. The van der Waals surface area contributed by atoms with E-state index in [9.17, 15) is 21.6 Å². The number of carbonyl (C=O) groups excluding carboxylic acids is 1. The molecule has 0 aliphatic carbocycles. The van der Waals surface area contributed by atoms with E-state index in [-0.39, 0.29) is 4.90 Å². The van der Waals surface area contributed by atoms with Crippen LogP contribution in [0.1, 0.15) is 23.6 Å². The van der Waals surface area contributed by atoms with E-state index in [4.69, 9.17) is 0 Å². The number of nitrogens with one attached hydrogen (secondary N) is 2. The van der Waals surface area contributed by atoms with Crippen LogP contribution in [0.3, 0.4) is 0 Å². The Morgan fingerprint density at radius 2 is 1.43 bits per heavy atom. The van der Waals surface area contributed by atoms with E-state index in [2.05, 4.69) is 10.0 Å². The van der Waals surface area contributed by atoms with Gasteiger partial charge in [0.1, 0.15) is 6.04 Å². The molecule has 186 valence electrons. The van der Waals surface area contributed by atoms with Crippen molar-refractivity contribution in [1.29, 1.82) is 0 Å². The van der Waals surface area contributed by atoms with Crippen molar-refractivity contribution in [2.45, 2.75) is 38.6 Å². The van der Waals surface area contributed by atoms with E-state index in [0.717, 1.165) is 27.3 Å². The topological polar surface area (TPSA) is 113 Å². The second-order valence-corrected chi connectivity index (χ2v) is 12.1. The molecular formula is C25H29N3O5S2. The summed E-state index contributed by atoms with van der Waals surface area (Å²) in [5, 5.41) is 2.67. The molecule has 1 atom stereocenters. The van der Waals surface area contributed by atoms with Crippen LogP contribution in [0.25, 0.3) is 0 Å². The molecule has 8 nitrogen and oxygen atoms in total. The lowest BCUT2D eigenvalue weighted by Gasteiger charge is -2.28. The number of benzene rings is 3. The molecule has 10 heteroatoms. The van der Waals surface area contributed by atoms with Crippen LogP contribution in [0.2, 0.25) is 0 Å². The van der Waals surface area contributed by atoms with Gasteiger partial charge >= 0.3 is 0 Å². The van der Waals surface area contributed by atoms with Gasteiger partial charge in [-0.1, -0.05) is 24.3 Å². The fourth-order valence-corrected chi connectivity index (χ4v) is 6.03. The maximum atomic E-state index is 13.0. The lowest BCUT2D eigenvalue weighted by atomic mass is 10.1. The number of carbonyl (C=O) groups is 1. The molecule has 0 aliphatic rings. The lowest BCUT2D eigenvalue weighted by Crippen LogP contribution is -2.45. The van der Waals surface area contributed by atoms with Crippen molar-refractivity contribution in [3.63, 3.8) is 0 Å². The first-order chi connectivity index (χ1) is 16.3. The Kier molecular flexibility index (Phi) is 7.56. The highest BCUT2D eigenvalue weighted by atomic mass is 32.2. The number of para-hydroxylation sites is 1. The van der Waals surface area contributed by atoms with Crippen molar-refractivity contribution in [3.05, 3.63) is 83.4 Å². The Morgan fingerprint density at radius 3 is 1.97 bits per heavy atom. The zero-order valence-electron chi connectivity index (χ0n) is 20.2. The molecule has 0 spiro atoms. The van der Waals surface area contributed by atoms with Crippen LogP contribution >= 0.6 is 0 Å². The number of hydrogen-bond acceptors (Lipinski definition) is 5. The summed E-state index contributed by atoms with van der Waals surface area (Å²) in [5.41, 5.74) is 3.75. The normalized spacial score (nSPS) is 12.6. The molecule has 0 fully saturated rings. The quantitative estimate of drug-likeness (QED) is 0.467. The monoisotopic (exact) mass is 515 g/mol. The molecule has 1 amide bonds. The maximum Gasteiger partial charge on any atom is 0.261 e. The molecule has 0 radical (unpaired) electrons. The number of aryl methyl sites for hydroxylation is 3. The predicted molar refractivity (Wildman–Crippen MR) is 140 cm³/mol. The van der Waals surface area contributed by atoms with Gasteiger partial charge in [-0.25, -0.2) is 16.8 Å². The zero-order chi connectivity index (χ0) is 26.0. The summed E-state index contributed by atoms with van der Waals surface area (Å²) in [6, 6.07) is 17.0. The average Bonchev–Trinajstić information content (AvgIpc) is 2.74. The fourth-order valence-electron chi connectivity index (χ4n) is 3.74. The Balaban J connectivity index is 1.79. The van der Waals surface area contributed by atoms with E-state index >= 15 is 0 Å². The third-order valence-corrected chi connectivity index (χ3v) is 7.99. The van der Waals surface area contributed by atoms with E-state index in [0.29, 0.717) is 17.1 Å². The highest BCUT2D eigenvalue weighted by Gasteiger charge is 2.29. The summed E-state index contributed by atoms with van der Waals surface area (Å²) in [5.74, 6) is -0.553. The summed E-state index contributed by atoms with van der Waals surface area (Å²) in [6.07, 6.45) is 1.05. The largest absolute Gasteiger partial charge is 0.324 e. The van der Waals surface area contributed by atoms with Crippen molar-refractivity contribution in [2.75, 3.05) is 20.6 Å². The zero-order valence-corrected chi connectivity index (χ0v) is 21.9. The second-order valence-electron chi connectivity index (χ2n) is 8.51. The van der Waals surface area contributed by atoms with Gasteiger partial charge in [0.25, 0.3) is 10.0 Å². The summed E-state index contributed by atoms with van der Waals surface area (Å²) in [7, 11) is -7.59. The first kappa shape index (κ1) is 26.2. The first-order valence-corrected chi connectivity index (χ1v) is 14.2. The second kappa shape index (κ2) is 10.1. The first-order valence-electron chi connectivity index (χ1n) is 10.8. The van der Waals surface area contributed by atoms with Crippen LogP contribution in [-0.4, -0.2) is 35.0 Å². The molecule has 0 heterocycles. The van der Waals surface area contributed by atoms with Crippen LogP contribution in [-0.2, 0) is 24.8 Å². The highest BCUT2D eigenvalue weighted by Crippen LogP contribution is 2.25. The van der Waals surface area contributed by atoms with Gasteiger partial charge in [0.05, 0.1) is 22.5 Å². The fraction of sp³-hybridized carbons (Fsp3) is 0.240. The molecule has 0 unspecified atom stereocenters. The van der Waals surface area contributed by atoms with Crippen molar-refractivity contribution in [2.24, 2.45) is 0 Å². The van der Waals surface area contributed by atoms with Gasteiger partial charge in [-0.05, 0) is 86.8 Å². The molecule has 2 N–H and O–H groups in total. The van der Waals surface area contributed by atoms with Crippen molar-refractivity contribution in [1.82, 2.24) is 0 Å². The molecule has 0 bridgehead atoms. The van der Waals surface area contributed by atoms with Crippen molar-refractivity contribution in [3.8, 4) is 0 Å².